The van der Waals surface area contributed by atoms with Crippen LogP contribution in [0, 0.1) is 0 Å². The molecule has 0 amide bonds. The lowest BCUT2D eigenvalue weighted by atomic mass is 10.3. The van der Waals surface area contributed by atoms with Gasteiger partial charge in [0.05, 0.1) is 13.6 Å². The van der Waals surface area contributed by atoms with Crippen molar-refractivity contribution in [2.75, 3.05) is 0 Å². The van der Waals surface area contributed by atoms with E-state index >= 15 is 0 Å². The second kappa shape index (κ2) is 3.94. The van der Waals surface area contributed by atoms with Gasteiger partial charge in [0.2, 0.25) is 0 Å². The highest BCUT2D eigenvalue weighted by molar-refractivity contribution is 9.10. The van der Waals surface area contributed by atoms with E-state index in [9.17, 15) is 5.11 Å². The summed E-state index contributed by atoms with van der Waals surface area (Å²) in [4.78, 5) is 0. The molecule has 0 bridgehead atoms. The molecule has 2 aromatic rings. The van der Waals surface area contributed by atoms with Crippen LogP contribution in [0.2, 0.25) is 0 Å². The van der Waals surface area contributed by atoms with E-state index in [1.165, 1.54) is 0 Å². The average molecular weight is 270 g/mol. The Morgan fingerprint density at radius 2 is 2.20 bits per heavy atom. The summed E-state index contributed by atoms with van der Waals surface area (Å²) in [5, 5.41) is 9.35. The summed E-state index contributed by atoms with van der Waals surface area (Å²) in [5.41, 5.74) is 2.29. The van der Waals surface area contributed by atoms with E-state index in [4.69, 9.17) is 0 Å². The fraction of sp³-hybridized carbons (Fsp3) is 0.364. The minimum atomic E-state index is 0.0661. The zero-order valence-corrected chi connectivity index (χ0v) is 10.5. The van der Waals surface area contributed by atoms with Crippen LogP contribution < -0.4 is 4.57 Å². The van der Waals surface area contributed by atoms with E-state index in [0.29, 0.717) is 0 Å². The molecular formula is C11H14BrN2O+. The fourth-order valence-electron chi connectivity index (χ4n) is 2.00. The Morgan fingerprint density at radius 1 is 1.47 bits per heavy atom. The molecule has 4 heteroatoms. The number of aryl methyl sites for hydroxylation is 2. The summed E-state index contributed by atoms with van der Waals surface area (Å²) < 4.78 is 5.22. The molecule has 0 unspecified atom stereocenters. The van der Waals surface area contributed by atoms with Gasteiger partial charge in [0.1, 0.15) is 6.61 Å². The Kier molecular flexibility index (Phi) is 2.80. The number of halogens is 1. The second-order valence-electron chi connectivity index (χ2n) is 3.51. The smallest absolute Gasteiger partial charge is 0.283 e. The quantitative estimate of drug-likeness (QED) is 0.827. The maximum atomic E-state index is 9.35. The van der Waals surface area contributed by atoms with Crippen molar-refractivity contribution in [1.29, 1.82) is 0 Å². The number of hydrogen-bond donors (Lipinski definition) is 1. The fourth-order valence-corrected chi connectivity index (χ4v) is 2.35. The number of rotatable bonds is 2. The number of benzene rings is 1. The van der Waals surface area contributed by atoms with Crippen molar-refractivity contribution in [2.45, 2.75) is 20.1 Å². The van der Waals surface area contributed by atoms with Crippen LogP contribution in [-0.4, -0.2) is 9.67 Å². The summed E-state index contributed by atoms with van der Waals surface area (Å²) in [6.45, 7) is 3.01. The molecule has 1 aromatic heterocycles. The van der Waals surface area contributed by atoms with E-state index in [-0.39, 0.29) is 6.61 Å². The van der Waals surface area contributed by atoms with E-state index in [1.807, 2.05) is 17.7 Å². The molecule has 1 aromatic carbocycles. The third-order valence-corrected chi connectivity index (χ3v) is 3.24. The molecule has 0 saturated carbocycles. The molecule has 0 spiro atoms. The van der Waals surface area contributed by atoms with Gasteiger partial charge in [-0.05, 0) is 19.1 Å². The molecule has 1 N–H and O–H groups in total. The van der Waals surface area contributed by atoms with Crippen LogP contribution in [0.5, 0.6) is 0 Å². The Hall–Kier alpha value is -0.870. The highest BCUT2D eigenvalue weighted by Crippen LogP contribution is 2.19. The van der Waals surface area contributed by atoms with Crippen LogP contribution in [0.25, 0.3) is 11.0 Å². The number of aliphatic hydroxyl groups excluding tert-OH is 1. The van der Waals surface area contributed by atoms with Gasteiger partial charge in [-0.25, -0.2) is 9.13 Å². The molecule has 0 aliphatic rings. The van der Waals surface area contributed by atoms with Crippen LogP contribution in [0.1, 0.15) is 12.7 Å². The van der Waals surface area contributed by atoms with Crippen LogP contribution in [0.15, 0.2) is 22.7 Å². The molecule has 0 radical (unpaired) electrons. The number of fused-ring (bicyclic) bond motifs is 1. The lowest BCUT2D eigenvalue weighted by Gasteiger charge is -1.95. The first-order chi connectivity index (χ1) is 7.19. The Labute approximate surface area is 97.1 Å². The molecule has 3 nitrogen and oxygen atoms in total. The first kappa shape index (κ1) is 10.6. The third-order valence-electron chi connectivity index (χ3n) is 2.75. The Morgan fingerprint density at radius 3 is 2.80 bits per heavy atom. The summed E-state index contributed by atoms with van der Waals surface area (Å²) in [6.07, 6.45) is 0. The van der Waals surface area contributed by atoms with Gasteiger partial charge in [-0.3, -0.25) is 0 Å². The van der Waals surface area contributed by atoms with Crippen molar-refractivity contribution >= 4 is 27.0 Å². The monoisotopic (exact) mass is 269 g/mol. The summed E-state index contributed by atoms with van der Waals surface area (Å²) in [7, 11) is 1.98. The van der Waals surface area contributed by atoms with Gasteiger partial charge in [-0.15, -0.1) is 0 Å². The number of hydrogen-bond acceptors (Lipinski definition) is 1. The van der Waals surface area contributed by atoms with Gasteiger partial charge in [0.15, 0.2) is 11.0 Å². The van der Waals surface area contributed by atoms with Gasteiger partial charge in [-0.1, -0.05) is 15.9 Å². The van der Waals surface area contributed by atoms with Gasteiger partial charge < -0.3 is 5.11 Å². The maximum Gasteiger partial charge on any atom is 0.283 e. The minimum absolute atomic E-state index is 0.0661. The van der Waals surface area contributed by atoms with Crippen molar-refractivity contribution in [3.63, 3.8) is 0 Å². The van der Waals surface area contributed by atoms with Crippen molar-refractivity contribution in [2.24, 2.45) is 7.05 Å². The molecule has 1 heterocycles. The molecule has 0 aliphatic heterocycles. The lowest BCUT2D eigenvalue weighted by Crippen LogP contribution is -2.33. The lowest BCUT2D eigenvalue weighted by molar-refractivity contribution is -0.656. The molecule has 80 valence electrons. The minimum Gasteiger partial charge on any atom is -0.384 e. The predicted octanol–water partition coefficient (Wildman–Crippen LogP) is 1.74. The van der Waals surface area contributed by atoms with Crippen molar-refractivity contribution in [1.82, 2.24) is 4.57 Å². The molecule has 0 atom stereocenters. The maximum absolute atomic E-state index is 9.35. The molecule has 15 heavy (non-hydrogen) atoms. The highest BCUT2D eigenvalue weighted by atomic mass is 79.9. The number of nitrogens with zero attached hydrogens (tertiary/aromatic N) is 2. The first-order valence-electron chi connectivity index (χ1n) is 4.96. The molecule has 0 fully saturated rings. The van der Waals surface area contributed by atoms with E-state index < -0.39 is 0 Å². The highest BCUT2D eigenvalue weighted by Gasteiger charge is 2.20. The summed E-state index contributed by atoms with van der Waals surface area (Å²) in [6, 6.07) is 6.16. The van der Waals surface area contributed by atoms with Crippen LogP contribution in [0.3, 0.4) is 0 Å². The van der Waals surface area contributed by atoms with Gasteiger partial charge in [0, 0.05) is 10.5 Å². The van der Waals surface area contributed by atoms with Gasteiger partial charge in [-0.2, -0.15) is 0 Å². The van der Waals surface area contributed by atoms with Crippen LogP contribution >= 0.6 is 15.9 Å². The third kappa shape index (κ3) is 1.58. The number of aromatic nitrogens is 2. The Balaban J connectivity index is 2.85. The number of imidazole rings is 1. The summed E-state index contributed by atoms with van der Waals surface area (Å²) >= 11 is 3.47. The SMILES string of the molecule is CCn1c(CO)[n+](C)c2ccc(Br)cc21. The second-order valence-corrected chi connectivity index (χ2v) is 4.43. The number of aliphatic hydroxyl groups is 1. The summed E-state index contributed by atoms with van der Waals surface area (Å²) in [5.74, 6) is 0.936. The van der Waals surface area contributed by atoms with Crippen LogP contribution in [0.4, 0.5) is 0 Å². The molecule has 0 saturated heterocycles. The average Bonchev–Trinajstić information content (AvgIpc) is 2.50. The van der Waals surface area contributed by atoms with Crippen molar-refractivity contribution < 1.29 is 9.67 Å². The first-order valence-corrected chi connectivity index (χ1v) is 5.75. The van der Waals surface area contributed by atoms with Crippen LogP contribution in [-0.2, 0) is 20.2 Å². The van der Waals surface area contributed by atoms with Crippen molar-refractivity contribution in [3.05, 3.63) is 28.5 Å². The standard InChI is InChI=1S/C11H14BrN2O/c1-3-14-10-6-8(12)4-5-9(10)13(2)11(14)7-15/h4-6,15H,3,7H2,1-2H3/q+1. The topological polar surface area (TPSA) is 29.0 Å². The van der Waals surface area contributed by atoms with Gasteiger partial charge >= 0.3 is 0 Å². The largest absolute Gasteiger partial charge is 0.384 e. The molecule has 2 rings (SSSR count). The molecule has 0 aliphatic carbocycles. The van der Waals surface area contributed by atoms with E-state index in [2.05, 4.69) is 39.6 Å². The predicted molar refractivity (Wildman–Crippen MR) is 62.4 cm³/mol. The van der Waals surface area contributed by atoms with Gasteiger partial charge in [0.25, 0.3) is 5.82 Å². The van der Waals surface area contributed by atoms with E-state index in [1.54, 1.807) is 0 Å². The Bertz CT molecular complexity index is 505. The van der Waals surface area contributed by atoms with E-state index in [0.717, 1.165) is 27.9 Å². The molecular weight excluding hydrogens is 256 g/mol. The zero-order chi connectivity index (χ0) is 11.0. The normalized spacial score (nSPS) is 11.2. The zero-order valence-electron chi connectivity index (χ0n) is 8.87. The van der Waals surface area contributed by atoms with Crippen molar-refractivity contribution in [3.8, 4) is 0 Å².